The van der Waals surface area contributed by atoms with E-state index in [1.165, 1.54) is 9.80 Å². The van der Waals surface area contributed by atoms with Crippen molar-refractivity contribution in [1.82, 2.24) is 4.90 Å². The minimum absolute atomic E-state index is 0.0371. The first-order chi connectivity index (χ1) is 17.0. The summed E-state index contributed by atoms with van der Waals surface area (Å²) in [6.45, 7) is 2.73. The van der Waals surface area contributed by atoms with Crippen molar-refractivity contribution in [1.29, 1.82) is 0 Å². The Bertz CT molecular complexity index is 1260. The fourth-order valence-electron chi connectivity index (χ4n) is 3.80. The van der Waals surface area contributed by atoms with Crippen molar-refractivity contribution in [2.24, 2.45) is 0 Å². The van der Waals surface area contributed by atoms with Crippen LogP contribution in [0.2, 0.25) is 0 Å². The Morgan fingerprint density at radius 1 is 0.886 bits per heavy atom. The molecule has 0 aromatic heterocycles. The summed E-state index contributed by atoms with van der Waals surface area (Å²) in [7, 11) is 1.57. The van der Waals surface area contributed by atoms with Crippen molar-refractivity contribution in [3.8, 4) is 11.5 Å². The Hall–Kier alpha value is -3.97. The third-order valence-electron chi connectivity index (χ3n) is 5.53. The lowest BCUT2D eigenvalue weighted by Crippen LogP contribution is -2.56. The molecule has 0 spiro atoms. The van der Waals surface area contributed by atoms with Gasteiger partial charge in [0.25, 0.3) is 11.8 Å². The van der Waals surface area contributed by atoms with Crippen molar-refractivity contribution in [2.45, 2.75) is 20.0 Å². The third kappa shape index (κ3) is 5.25. The van der Waals surface area contributed by atoms with Crippen LogP contribution in [0.3, 0.4) is 0 Å². The molecular formula is C28H26N2O4S. The number of benzene rings is 3. The summed E-state index contributed by atoms with van der Waals surface area (Å²) in [5.74, 6) is 0.212. The van der Waals surface area contributed by atoms with Crippen LogP contribution >= 0.6 is 12.2 Å². The van der Waals surface area contributed by atoms with Crippen molar-refractivity contribution in [3.05, 3.63) is 95.6 Å². The lowest BCUT2D eigenvalue weighted by molar-refractivity contribution is -0.127. The molecule has 0 N–H and O–H groups in total. The average Bonchev–Trinajstić information content (AvgIpc) is 2.89. The molecule has 1 fully saturated rings. The summed E-state index contributed by atoms with van der Waals surface area (Å²) in [6, 6.07) is 24.2. The zero-order valence-electron chi connectivity index (χ0n) is 19.6. The van der Waals surface area contributed by atoms with Crippen molar-refractivity contribution in [2.75, 3.05) is 18.6 Å². The predicted octanol–water partition coefficient (Wildman–Crippen LogP) is 5.23. The molecule has 1 heterocycles. The molecule has 0 atom stereocenters. The Morgan fingerprint density at radius 2 is 1.57 bits per heavy atom. The van der Waals surface area contributed by atoms with Crippen LogP contribution in [0.1, 0.15) is 24.5 Å². The number of carbonyl (C=O) groups excluding carboxylic acids is 2. The number of ether oxygens (including phenoxy) is 2. The summed E-state index contributed by atoms with van der Waals surface area (Å²) < 4.78 is 11.4. The van der Waals surface area contributed by atoms with Gasteiger partial charge in [0, 0.05) is 6.54 Å². The van der Waals surface area contributed by atoms with E-state index in [2.05, 4.69) is 0 Å². The monoisotopic (exact) mass is 486 g/mol. The van der Waals surface area contributed by atoms with Crippen molar-refractivity contribution < 1.29 is 19.1 Å². The quantitative estimate of drug-likeness (QED) is 0.248. The van der Waals surface area contributed by atoms with E-state index in [9.17, 15) is 9.59 Å². The van der Waals surface area contributed by atoms with E-state index in [1.54, 1.807) is 43.5 Å². The first kappa shape index (κ1) is 24.2. The van der Waals surface area contributed by atoms with Crippen LogP contribution in [0.5, 0.6) is 11.5 Å². The highest BCUT2D eigenvalue weighted by atomic mass is 32.1. The van der Waals surface area contributed by atoms with Gasteiger partial charge < -0.3 is 9.47 Å². The van der Waals surface area contributed by atoms with Gasteiger partial charge in [0.1, 0.15) is 12.2 Å². The summed E-state index contributed by atoms with van der Waals surface area (Å²) in [4.78, 5) is 29.7. The Morgan fingerprint density at radius 3 is 2.23 bits per heavy atom. The first-order valence-electron chi connectivity index (χ1n) is 11.3. The summed E-state index contributed by atoms with van der Waals surface area (Å²) in [5.41, 5.74) is 2.31. The summed E-state index contributed by atoms with van der Waals surface area (Å²) in [5, 5.41) is 0.187. The highest BCUT2D eigenvalue weighted by molar-refractivity contribution is 7.80. The van der Waals surface area contributed by atoms with E-state index in [0.29, 0.717) is 42.3 Å². The van der Waals surface area contributed by atoms with Gasteiger partial charge in [-0.15, -0.1) is 0 Å². The summed E-state index contributed by atoms with van der Waals surface area (Å²) in [6.07, 6.45) is 2.29. The molecule has 7 heteroatoms. The molecule has 178 valence electrons. The van der Waals surface area contributed by atoms with Gasteiger partial charge in [-0.2, -0.15) is 0 Å². The molecule has 1 saturated heterocycles. The number of rotatable bonds is 8. The van der Waals surface area contributed by atoms with Gasteiger partial charge >= 0.3 is 0 Å². The molecule has 0 unspecified atom stereocenters. The molecule has 35 heavy (non-hydrogen) atoms. The van der Waals surface area contributed by atoms with E-state index in [-0.39, 0.29) is 10.7 Å². The van der Waals surface area contributed by atoms with E-state index < -0.39 is 11.8 Å². The van der Waals surface area contributed by atoms with Crippen LogP contribution in [-0.2, 0) is 16.2 Å². The molecular weight excluding hydrogens is 460 g/mol. The van der Waals surface area contributed by atoms with Crippen molar-refractivity contribution >= 4 is 40.9 Å². The smallest absolute Gasteiger partial charge is 0.270 e. The maximum Gasteiger partial charge on any atom is 0.270 e. The van der Waals surface area contributed by atoms with E-state index in [0.717, 1.165) is 5.56 Å². The molecule has 6 nitrogen and oxygen atoms in total. The number of amides is 2. The van der Waals surface area contributed by atoms with Gasteiger partial charge in [-0.25, -0.2) is 0 Å². The van der Waals surface area contributed by atoms with Crippen LogP contribution in [0.15, 0.2) is 84.4 Å². The lowest BCUT2D eigenvalue weighted by Gasteiger charge is -2.36. The molecule has 0 radical (unpaired) electrons. The number of methoxy groups -OCH3 is 1. The van der Waals surface area contributed by atoms with Crippen LogP contribution in [0, 0.1) is 0 Å². The topological polar surface area (TPSA) is 59.1 Å². The Labute approximate surface area is 210 Å². The highest BCUT2D eigenvalue weighted by Crippen LogP contribution is 2.31. The molecule has 0 aliphatic carbocycles. The number of hydrogen-bond donors (Lipinski definition) is 0. The van der Waals surface area contributed by atoms with Gasteiger partial charge in [0.15, 0.2) is 16.6 Å². The first-order valence-corrected chi connectivity index (χ1v) is 11.8. The number of para-hydroxylation sites is 1. The number of hydrogen-bond acceptors (Lipinski definition) is 5. The van der Waals surface area contributed by atoms with Crippen LogP contribution in [0.25, 0.3) is 6.08 Å². The molecule has 3 aromatic rings. The SMILES string of the molecule is CCCN1C(=O)/C(=C\c2ccc(OC)c(OCc3ccccc3)c2)C(=O)N(c2ccccc2)C1=S. The fraction of sp³-hybridized carbons (Fsp3) is 0.179. The molecule has 1 aliphatic rings. The maximum atomic E-state index is 13.5. The van der Waals surface area contributed by atoms with Crippen LogP contribution in [-0.4, -0.2) is 35.5 Å². The normalized spacial score (nSPS) is 15.0. The number of anilines is 1. The van der Waals surface area contributed by atoms with E-state index in [4.69, 9.17) is 21.7 Å². The second-order valence-electron chi connectivity index (χ2n) is 7.96. The van der Waals surface area contributed by atoms with Crippen LogP contribution < -0.4 is 14.4 Å². The van der Waals surface area contributed by atoms with Crippen molar-refractivity contribution in [3.63, 3.8) is 0 Å². The number of nitrogens with zero attached hydrogens (tertiary/aromatic N) is 2. The average molecular weight is 487 g/mol. The largest absolute Gasteiger partial charge is 0.493 e. The molecule has 0 saturated carbocycles. The minimum Gasteiger partial charge on any atom is -0.493 e. The molecule has 3 aromatic carbocycles. The van der Waals surface area contributed by atoms with Gasteiger partial charge in [-0.3, -0.25) is 19.4 Å². The second-order valence-corrected chi connectivity index (χ2v) is 8.32. The maximum absolute atomic E-state index is 13.5. The molecule has 4 rings (SSSR count). The van der Waals surface area contributed by atoms with Gasteiger partial charge in [-0.05, 0) is 60.1 Å². The Kier molecular flexibility index (Phi) is 7.57. The van der Waals surface area contributed by atoms with E-state index in [1.807, 2.05) is 55.5 Å². The third-order valence-corrected chi connectivity index (χ3v) is 5.93. The molecule has 2 amide bonds. The van der Waals surface area contributed by atoms with Crippen LogP contribution in [0.4, 0.5) is 5.69 Å². The fourth-order valence-corrected chi connectivity index (χ4v) is 4.16. The van der Waals surface area contributed by atoms with Gasteiger partial charge in [-0.1, -0.05) is 61.5 Å². The molecule has 0 bridgehead atoms. The highest BCUT2D eigenvalue weighted by Gasteiger charge is 2.39. The standard InChI is InChI=1S/C28H26N2O4S/c1-3-16-29-26(31)23(27(32)30(28(29)35)22-12-8-5-9-13-22)17-21-14-15-24(33-2)25(18-21)34-19-20-10-6-4-7-11-20/h4-15,17-18H,3,16,19H2,1-2H3/b23-17+. The van der Waals surface area contributed by atoms with Gasteiger partial charge in [0.2, 0.25) is 0 Å². The summed E-state index contributed by atoms with van der Waals surface area (Å²) >= 11 is 5.55. The second kappa shape index (κ2) is 11.0. The van der Waals surface area contributed by atoms with Gasteiger partial charge in [0.05, 0.1) is 12.8 Å². The molecule has 1 aliphatic heterocycles. The number of carbonyl (C=O) groups is 2. The minimum atomic E-state index is -0.457. The van der Waals surface area contributed by atoms with E-state index >= 15 is 0 Å². The Balaban J connectivity index is 1.69. The zero-order valence-corrected chi connectivity index (χ0v) is 20.5. The number of thiocarbonyl (C=S) groups is 1. The predicted molar refractivity (Wildman–Crippen MR) is 140 cm³/mol. The zero-order chi connectivity index (χ0) is 24.8. The lowest BCUT2D eigenvalue weighted by atomic mass is 10.0.